The highest BCUT2D eigenvalue weighted by molar-refractivity contribution is 5.83. The van der Waals surface area contributed by atoms with Gasteiger partial charge >= 0.3 is 0 Å². The van der Waals surface area contributed by atoms with Gasteiger partial charge < -0.3 is 11.1 Å². The van der Waals surface area contributed by atoms with Crippen LogP contribution in [0.2, 0.25) is 0 Å². The molecule has 0 aliphatic heterocycles. The Hall–Kier alpha value is -0.570. The van der Waals surface area contributed by atoms with E-state index in [9.17, 15) is 4.79 Å². The van der Waals surface area contributed by atoms with E-state index in [1.54, 1.807) is 0 Å². The van der Waals surface area contributed by atoms with Gasteiger partial charge in [0.05, 0.1) is 5.41 Å². The van der Waals surface area contributed by atoms with Crippen molar-refractivity contribution in [3.05, 3.63) is 0 Å². The highest BCUT2D eigenvalue weighted by Gasteiger charge is 2.62. The third-order valence-electron chi connectivity index (χ3n) is 6.43. The molecule has 4 fully saturated rings. The number of nitrogens with two attached hydrogens (primary N) is 1. The van der Waals surface area contributed by atoms with Crippen molar-refractivity contribution in [2.24, 2.45) is 27.9 Å². The van der Waals surface area contributed by atoms with Crippen molar-refractivity contribution < 1.29 is 4.79 Å². The molecule has 3 atom stereocenters. The third-order valence-corrected chi connectivity index (χ3v) is 6.43. The van der Waals surface area contributed by atoms with Gasteiger partial charge in [0, 0.05) is 12.6 Å². The van der Waals surface area contributed by atoms with Crippen LogP contribution >= 0.6 is 0 Å². The van der Waals surface area contributed by atoms with Crippen molar-refractivity contribution in [3.8, 4) is 0 Å². The van der Waals surface area contributed by atoms with Crippen LogP contribution in [0.15, 0.2) is 0 Å². The second-order valence-electron chi connectivity index (χ2n) is 9.12. The molecular weight excluding hydrogens is 260 g/mol. The van der Waals surface area contributed by atoms with Gasteiger partial charge in [-0.3, -0.25) is 4.79 Å². The zero-order valence-corrected chi connectivity index (χ0v) is 14.0. The first-order chi connectivity index (χ1) is 9.78. The predicted octanol–water partition coefficient (Wildman–Crippen LogP) is 3.23. The van der Waals surface area contributed by atoms with E-state index in [0.717, 1.165) is 44.6 Å². The summed E-state index contributed by atoms with van der Waals surface area (Å²) in [5, 5.41) is 3.22. The summed E-state index contributed by atoms with van der Waals surface area (Å²) in [6.07, 6.45) is 9.25. The summed E-state index contributed by atoms with van der Waals surface area (Å²) in [5.41, 5.74) is 6.70. The van der Waals surface area contributed by atoms with E-state index in [1.807, 2.05) is 0 Å². The van der Waals surface area contributed by atoms with E-state index in [0.29, 0.717) is 16.7 Å². The fraction of sp³-hybridized carbons (Fsp3) is 0.944. The number of carbonyl (C=O) groups is 1. The van der Waals surface area contributed by atoms with Gasteiger partial charge in [0.1, 0.15) is 0 Å². The van der Waals surface area contributed by atoms with Gasteiger partial charge in [-0.2, -0.15) is 0 Å². The van der Waals surface area contributed by atoms with Crippen LogP contribution in [0.3, 0.4) is 0 Å². The normalized spacial score (nSPS) is 45.6. The second kappa shape index (κ2) is 4.97. The van der Waals surface area contributed by atoms with Gasteiger partial charge in [0.15, 0.2) is 0 Å². The highest BCUT2D eigenvalue weighted by Crippen LogP contribution is 2.69. The number of hydrogen-bond acceptors (Lipinski definition) is 2. The van der Waals surface area contributed by atoms with Crippen molar-refractivity contribution in [2.75, 3.05) is 6.54 Å². The maximum absolute atomic E-state index is 12.9. The van der Waals surface area contributed by atoms with Crippen molar-refractivity contribution in [2.45, 2.75) is 78.2 Å². The Bertz CT molecular complexity index is 415. The lowest BCUT2D eigenvalue weighted by atomic mass is 9.40. The molecular formula is C18H32N2O. The molecule has 0 spiro atoms. The summed E-state index contributed by atoms with van der Waals surface area (Å²) >= 11 is 0. The minimum Gasteiger partial charge on any atom is -0.356 e. The molecule has 0 aromatic rings. The van der Waals surface area contributed by atoms with Crippen molar-refractivity contribution in [3.63, 3.8) is 0 Å². The molecule has 1 amide bonds. The van der Waals surface area contributed by atoms with Crippen molar-refractivity contribution >= 4 is 5.91 Å². The average molecular weight is 292 g/mol. The lowest BCUT2D eigenvalue weighted by Crippen LogP contribution is -2.60. The molecule has 3 unspecified atom stereocenters. The van der Waals surface area contributed by atoms with E-state index in [2.05, 4.69) is 26.1 Å². The van der Waals surface area contributed by atoms with Crippen LogP contribution in [0.1, 0.15) is 72.1 Å². The number of hydrogen-bond donors (Lipinski definition) is 2. The molecule has 4 rings (SSSR count). The Balaban J connectivity index is 1.68. The zero-order valence-electron chi connectivity index (χ0n) is 14.0. The molecule has 0 aromatic carbocycles. The first-order valence-electron chi connectivity index (χ1n) is 8.82. The van der Waals surface area contributed by atoms with E-state index >= 15 is 0 Å². The first kappa shape index (κ1) is 15.3. The smallest absolute Gasteiger partial charge is 0.226 e. The summed E-state index contributed by atoms with van der Waals surface area (Å²) in [6, 6.07) is 0.219. The maximum Gasteiger partial charge on any atom is 0.226 e. The summed E-state index contributed by atoms with van der Waals surface area (Å²) in [4.78, 5) is 12.9. The van der Waals surface area contributed by atoms with Crippen LogP contribution < -0.4 is 11.1 Å². The molecule has 3 heteroatoms. The van der Waals surface area contributed by atoms with Gasteiger partial charge in [-0.25, -0.2) is 0 Å². The fourth-order valence-electron chi connectivity index (χ4n) is 6.46. The Morgan fingerprint density at radius 3 is 2.33 bits per heavy atom. The van der Waals surface area contributed by atoms with Gasteiger partial charge in [0.2, 0.25) is 5.91 Å². The molecule has 3 nitrogen and oxygen atoms in total. The largest absolute Gasteiger partial charge is 0.356 e. The SMILES string of the molecule is CCC(N)CCNC(=O)C12CC3CC(C)(CC(C)(C3)C1)C2. The van der Waals surface area contributed by atoms with Crippen LogP contribution in [0.4, 0.5) is 0 Å². The summed E-state index contributed by atoms with van der Waals surface area (Å²) in [7, 11) is 0. The Kier molecular flexibility index (Phi) is 3.63. The topological polar surface area (TPSA) is 55.1 Å². The summed E-state index contributed by atoms with van der Waals surface area (Å²) in [6.45, 7) is 7.69. The van der Waals surface area contributed by atoms with E-state index in [-0.39, 0.29) is 11.5 Å². The van der Waals surface area contributed by atoms with E-state index in [4.69, 9.17) is 5.73 Å². The summed E-state index contributed by atoms with van der Waals surface area (Å²) in [5.74, 6) is 1.10. The zero-order chi connectivity index (χ0) is 15.3. The lowest BCUT2D eigenvalue weighted by Gasteiger charge is -2.64. The molecule has 3 N–H and O–H groups in total. The highest BCUT2D eigenvalue weighted by atomic mass is 16.2. The fourth-order valence-corrected chi connectivity index (χ4v) is 6.46. The van der Waals surface area contributed by atoms with Gasteiger partial charge in [-0.15, -0.1) is 0 Å². The molecule has 4 saturated carbocycles. The maximum atomic E-state index is 12.9. The molecule has 0 saturated heterocycles. The molecule has 4 aliphatic carbocycles. The Morgan fingerprint density at radius 2 is 1.81 bits per heavy atom. The molecule has 21 heavy (non-hydrogen) atoms. The predicted molar refractivity (Wildman–Crippen MR) is 85.7 cm³/mol. The first-order valence-corrected chi connectivity index (χ1v) is 8.82. The van der Waals surface area contributed by atoms with Crippen LogP contribution in [0, 0.1) is 22.2 Å². The van der Waals surface area contributed by atoms with Crippen LogP contribution in [0.5, 0.6) is 0 Å². The summed E-state index contributed by atoms with van der Waals surface area (Å²) < 4.78 is 0. The molecule has 4 aliphatic rings. The minimum absolute atomic E-state index is 0.0702. The third kappa shape index (κ3) is 2.74. The van der Waals surface area contributed by atoms with Crippen molar-refractivity contribution in [1.29, 1.82) is 0 Å². The number of carbonyl (C=O) groups excluding carboxylic acids is 1. The number of amides is 1. The molecule has 0 aromatic heterocycles. The molecule has 0 radical (unpaired) electrons. The number of nitrogens with one attached hydrogen (secondary N) is 1. The Labute approximate surface area is 129 Å². The number of rotatable bonds is 5. The Morgan fingerprint density at radius 1 is 1.19 bits per heavy atom. The lowest BCUT2D eigenvalue weighted by molar-refractivity contribution is -0.170. The van der Waals surface area contributed by atoms with E-state index < -0.39 is 0 Å². The van der Waals surface area contributed by atoms with Crippen molar-refractivity contribution in [1.82, 2.24) is 5.32 Å². The second-order valence-corrected chi connectivity index (χ2v) is 9.12. The van der Waals surface area contributed by atoms with E-state index in [1.165, 1.54) is 19.3 Å². The molecule has 120 valence electrons. The van der Waals surface area contributed by atoms with Crippen LogP contribution in [0.25, 0.3) is 0 Å². The average Bonchev–Trinajstić information content (AvgIpc) is 2.33. The van der Waals surface area contributed by atoms with Gasteiger partial charge in [-0.05, 0) is 68.1 Å². The van der Waals surface area contributed by atoms with Gasteiger partial charge in [0.25, 0.3) is 0 Å². The standard InChI is InChI=1S/C18H32N2O/c1-4-14(19)5-6-20-15(21)18-9-13-7-16(2,11-18)10-17(3,8-13)12-18/h13-14H,4-12,19H2,1-3H3,(H,20,21). The van der Waals surface area contributed by atoms with Crippen LogP contribution in [-0.4, -0.2) is 18.5 Å². The van der Waals surface area contributed by atoms with Crippen LogP contribution in [-0.2, 0) is 4.79 Å². The molecule has 4 bridgehead atoms. The quantitative estimate of drug-likeness (QED) is 0.817. The van der Waals surface area contributed by atoms with Gasteiger partial charge in [-0.1, -0.05) is 20.8 Å². The minimum atomic E-state index is -0.0702. The molecule has 0 heterocycles. The monoisotopic (exact) mass is 292 g/mol.